The van der Waals surface area contributed by atoms with E-state index in [1.807, 2.05) is 35.9 Å². The molecule has 1 heterocycles. The van der Waals surface area contributed by atoms with Gasteiger partial charge in [0.05, 0.1) is 18.3 Å². The van der Waals surface area contributed by atoms with Gasteiger partial charge in [0, 0.05) is 12.6 Å². The molecule has 0 radical (unpaired) electrons. The third-order valence-electron chi connectivity index (χ3n) is 3.91. The molecule has 1 aliphatic rings. The Morgan fingerprint density at radius 3 is 2.65 bits per heavy atom. The molecule has 0 unspecified atom stereocenters. The molecular formula is C16H19N5OS. The lowest BCUT2D eigenvalue weighted by atomic mass is 10.1. The standard InChI is InChI=1S/C16H19N5OS/c1-19(9-13-4-2-12(8-17)3-5-13)11-20-16(23)21(14-6-7-14)15(10-22)18-20/h2-5,14,22H,6-7,9-11H2,1H3. The van der Waals surface area contributed by atoms with Gasteiger partial charge in [0.1, 0.15) is 6.61 Å². The fraction of sp³-hybridized carbons (Fsp3) is 0.438. The molecular weight excluding hydrogens is 310 g/mol. The van der Waals surface area contributed by atoms with Crippen LogP contribution in [0.2, 0.25) is 0 Å². The van der Waals surface area contributed by atoms with Gasteiger partial charge in [-0.15, -0.1) is 0 Å². The molecule has 1 aromatic heterocycles. The average Bonchev–Trinajstić information content (AvgIpc) is 3.34. The van der Waals surface area contributed by atoms with Gasteiger partial charge in [0.15, 0.2) is 10.6 Å². The summed E-state index contributed by atoms with van der Waals surface area (Å²) in [5.74, 6) is 0.643. The minimum absolute atomic E-state index is 0.0908. The summed E-state index contributed by atoms with van der Waals surface area (Å²) in [5.41, 5.74) is 1.79. The minimum atomic E-state index is -0.0908. The highest BCUT2D eigenvalue weighted by molar-refractivity contribution is 7.71. The number of aliphatic hydroxyl groups excluding tert-OH is 1. The van der Waals surface area contributed by atoms with Crippen molar-refractivity contribution in [2.45, 2.75) is 38.7 Å². The molecule has 1 aromatic carbocycles. The highest BCUT2D eigenvalue weighted by atomic mass is 32.1. The van der Waals surface area contributed by atoms with Crippen LogP contribution in [0.25, 0.3) is 0 Å². The Morgan fingerprint density at radius 2 is 2.09 bits per heavy atom. The summed E-state index contributed by atoms with van der Waals surface area (Å²) in [7, 11) is 1.99. The van der Waals surface area contributed by atoms with Crippen LogP contribution >= 0.6 is 12.2 Å². The largest absolute Gasteiger partial charge is 0.388 e. The summed E-state index contributed by atoms with van der Waals surface area (Å²) in [4.78, 5) is 2.10. The lowest BCUT2D eigenvalue weighted by Gasteiger charge is -2.16. The van der Waals surface area contributed by atoms with Gasteiger partial charge in [-0.25, -0.2) is 4.68 Å². The number of aliphatic hydroxyl groups is 1. The zero-order valence-electron chi connectivity index (χ0n) is 13.0. The smallest absolute Gasteiger partial charge is 0.199 e. The average molecular weight is 329 g/mol. The fourth-order valence-electron chi connectivity index (χ4n) is 2.64. The first kappa shape index (κ1) is 15.9. The molecule has 0 saturated heterocycles. The van der Waals surface area contributed by atoms with E-state index in [4.69, 9.17) is 17.5 Å². The molecule has 6 nitrogen and oxygen atoms in total. The molecule has 1 N–H and O–H groups in total. The van der Waals surface area contributed by atoms with Gasteiger partial charge in [-0.2, -0.15) is 10.4 Å². The molecule has 0 aliphatic heterocycles. The van der Waals surface area contributed by atoms with Gasteiger partial charge < -0.3 is 5.11 Å². The van der Waals surface area contributed by atoms with Crippen LogP contribution in [0.4, 0.5) is 0 Å². The van der Waals surface area contributed by atoms with Crippen LogP contribution in [-0.2, 0) is 19.8 Å². The van der Waals surface area contributed by atoms with E-state index in [0.29, 0.717) is 28.9 Å². The molecule has 0 bridgehead atoms. The van der Waals surface area contributed by atoms with Gasteiger partial charge in [0.25, 0.3) is 0 Å². The molecule has 1 fully saturated rings. The monoisotopic (exact) mass is 329 g/mol. The number of nitriles is 1. The van der Waals surface area contributed by atoms with Crippen LogP contribution in [0.1, 0.15) is 35.8 Å². The van der Waals surface area contributed by atoms with E-state index >= 15 is 0 Å². The number of hydrogen-bond acceptors (Lipinski definition) is 5. The molecule has 0 amide bonds. The Bertz CT molecular complexity index is 782. The van der Waals surface area contributed by atoms with E-state index < -0.39 is 0 Å². The summed E-state index contributed by atoms with van der Waals surface area (Å²) in [6.07, 6.45) is 2.21. The lowest BCUT2D eigenvalue weighted by Crippen LogP contribution is -2.22. The van der Waals surface area contributed by atoms with Crippen LogP contribution < -0.4 is 0 Å². The first-order valence-corrected chi connectivity index (χ1v) is 8.00. The zero-order valence-corrected chi connectivity index (χ0v) is 13.8. The second kappa shape index (κ2) is 6.62. The van der Waals surface area contributed by atoms with E-state index in [9.17, 15) is 5.11 Å². The Labute approximate surface area is 140 Å². The number of aromatic nitrogens is 3. The predicted octanol–water partition coefficient (Wildman–Crippen LogP) is 2.20. The van der Waals surface area contributed by atoms with Crippen LogP contribution in [0.5, 0.6) is 0 Å². The molecule has 120 valence electrons. The van der Waals surface area contributed by atoms with Crippen LogP contribution in [-0.4, -0.2) is 31.4 Å². The third kappa shape index (κ3) is 3.50. The molecule has 1 saturated carbocycles. The highest BCUT2D eigenvalue weighted by Gasteiger charge is 2.28. The van der Waals surface area contributed by atoms with Crippen molar-refractivity contribution in [2.75, 3.05) is 7.05 Å². The van der Waals surface area contributed by atoms with Crippen LogP contribution in [0.15, 0.2) is 24.3 Å². The lowest BCUT2D eigenvalue weighted by molar-refractivity contribution is 0.238. The summed E-state index contributed by atoms with van der Waals surface area (Å²) in [6.45, 7) is 1.20. The Morgan fingerprint density at radius 1 is 1.39 bits per heavy atom. The molecule has 7 heteroatoms. The van der Waals surface area contributed by atoms with Crippen molar-refractivity contribution < 1.29 is 5.11 Å². The summed E-state index contributed by atoms with van der Waals surface area (Å²) < 4.78 is 4.41. The van der Waals surface area contributed by atoms with Gasteiger partial charge >= 0.3 is 0 Å². The number of benzene rings is 1. The van der Waals surface area contributed by atoms with Gasteiger partial charge in [-0.1, -0.05) is 12.1 Å². The number of hydrogen-bond donors (Lipinski definition) is 1. The summed E-state index contributed by atoms with van der Waals surface area (Å²) in [6, 6.07) is 10.1. The van der Waals surface area contributed by atoms with E-state index in [2.05, 4.69) is 16.1 Å². The van der Waals surface area contributed by atoms with E-state index in [1.165, 1.54) is 0 Å². The van der Waals surface area contributed by atoms with Crippen LogP contribution in [0.3, 0.4) is 0 Å². The van der Waals surface area contributed by atoms with Gasteiger partial charge in [0.2, 0.25) is 0 Å². The second-order valence-electron chi connectivity index (χ2n) is 5.92. The summed E-state index contributed by atoms with van der Waals surface area (Å²) >= 11 is 5.50. The van der Waals surface area contributed by atoms with Crippen molar-refractivity contribution in [1.29, 1.82) is 5.26 Å². The Hall–Kier alpha value is -2.01. The van der Waals surface area contributed by atoms with Crippen molar-refractivity contribution in [1.82, 2.24) is 19.2 Å². The molecule has 1 aliphatic carbocycles. The van der Waals surface area contributed by atoms with Crippen molar-refractivity contribution in [3.63, 3.8) is 0 Å². The number of nitrogens with zero attached hydrogens (tertiary/aromatic N) is 5. The van der Waals surface area contributed by atoms with Crippen molar-refractivity contribution in [2.24, 2.45) is 0 Å². The Kier molecular flexibility index (Phi) is 4.57. The molecule has 0 spiro atoms. The first-order valence-electron chi connectivity index (χ1n) is 7.59. The van der Waals surface area contributed by atoms with Crippen LogP contribution in [0, 0.1) is 16.1 Å². The maximum absolute atomic E-state index is 9.47. The van der Waals surface area contributed by atoms with Crippen molar-refractivity contribution in [3.05, 3.63) is 46.0 Å². The topological polar surface area (TPSA) is 70.0 Å². The zero-order chi connectivity index (χ0) is 16.4. The third-order valence-corrected chi connectivity index (χ3v) is 4.31. The quantitative estimate of drug-likeness (QED) is 0.823. The van der Waals surface area contributed by atoms with E-state index in [-0.39, 0.29) is 6.61 Å². The maximum Gasteiger partial charge on any atom is 0.199 e. The normalized spacial score (nSPS) is 14.2. The molecule has 3 rings (SSSR count). The van der Waals surface area contributed by atoms with Gasteiger partial charge in [-0.3, -0.25) is 9.47 Å². The van der Waals surface area contributed by atoms with Crippen molar-refractivity contribution in [3.8, 4) is 6.07 Å². The predicted molar refractivity (Wildman–Crippen MR) is 87.9 cm³/mol. The fourth-order valence-corrected chi connectivity index (χ4v) is 2.99. The number of rotatable bonds is 6. The molecule has 2 aromatic rings. The second-order valence-corrected chi connectivity index (χ2v) is 6.29. The van der Waals surface area contributed by atoms with Gasteiger partial charge in [-0.05, 0) is 49.8 Å². The minimum Gasteiger partial charge on any atom is -0.388 e. The Balaban J connectivity index is 1.71. The summed E-state index contributed by atoms with van der Waals surface area (Å²) in [5, 5.41) is 22.7. The highest BCUT2D eigenvalue weighted by Crippen LogP contribution is 2.36. The van der Waals surface area contributed by atoms with E-state index in [1.54, 1.807) is 4.68 Å². The maximum atomic E-state index is 9.47. The first-order chi connectivity index (χ1) is 11.1. The SMILES string of the molecule is CN(Cc1ccc(C#N)cc1)Cn1nc(CO)n(C2CC2)c1=S. The van der Waals surface area contributed by atoms with Crippen molar-refractivity contribution >= 4 is 12.2 Å². The van der Waals surface area contributed by atoms with E-state index in [0.717, 1.165) is 24.9 Å². The molecule has 0 atom stereocenters. The molecule has 23 heavy (non-hydrogen) atoms.